The predicted molar refractivity (Wildman–Crippen MR) is 101 cm³/mol. The molecule has 5 nitrogen and oxygen atoms in total. The van der Waals surface area contributed by atoms with Gasteiger partial charge in [-0.15, -0.1) is 0 Å². The molecule has 1 aromatic heterocycles. The molecule has 0 spiro atoms. The Morgan fingerprint density at radius 1 is 1.21 bits per heavy atom. The molecule has 3 heterocycles. The van der Waals surface area contributed by atoms with Crippen molar-refractivity contribution >= 4 is 34.0 Å². The number of aliphatic hydroxyl groups is 1. The lowest BCUT2D eigenvalue weighted by molar-refractivity contribution is -0.138. The number of furan rings is 1. The molecule has 8 heteroatoms. The summed E-state index contributed by atoms with van der Waals surface area (Å²) in [4.78, 5) is 19.0. The normalized spacial score (nSPS) is 21.3. The lowest BCUT2D eigenvalue weighted by Gasteiger charge is -2.30. The fourth-order valence-corrected chi connectivity index (χ4v) is 4.06. The number of hydrogen-bond acceptors (Lipinski definition) is 5. The molecular weight excluding hydrogens is 385 g/mol. The third-order valence-electron chi connectivity index (χ3n) is 5.57. The highest BCUT2D eigenvalue weighted by Crippen LogP contribution is 2.43. The molecule has 0 aliphatic carbocycles. The van der Waals surface area contributed by atoms with Crippen LogP contribution < -0.4 is 4.90 Å². The molecule has 0 saturated carbocycles. The van der Waals surface area contributed by atoms with Gasteiger partial charge in [-0.1, -0.05) is 0 Å². The van der Waals surface area contributed by atoms with Crippen LogP contribution in [0.25, 0.3) is 11.0 Å². The van der Waals surface area contributed by atoms with Crippen LogP contribution in [-0.4, -0.2) is 28.9 Å². The summed E-state index contributed by atoms with van der Waals surface area (Å²) < 4.78 is 45.3. The Morgan fingerprint density at radius 3 is 2.76 bits per heavy atom. The van der Waals surface area contributed by atoms with E-state index in [1.165, 1.54) is 6.92 Å². The van der Waals surface area contributed by atoms with Crippen LogP contribution >= 0.6 is 0 Å². The highest BCUT2D eigenvalue weighted by molar-refractivity contribution is 6.28. The van der Waals surface area contributed by atoms with E-state index in [0.717, 1.165) is 17.5 Å². The summed E-state index contributed by atoms with van der Waals surface area (Å²) in [6.07, 6.45) is -2.91. The first-order valence-electron chi connectivity index (χ1n) is 9.01. The lowest BCUT2D eigenvalue weighted by atomic mass is 9.86. The minimum absolute atomic E-state index is 0.00471. The van der Waals surface area contributed by atoms with Crippen molar-refractivity contribution < 1.29 is 27.5 Å². The van der Waals surface area contributed by atoms with Crippen LogP contribution in [-0.2, 0) is 6.18 Å². The standard InChI is InChI=1S/C21H15F3N2O3/c1-11-8-14-16(10-15(11)21(22,23)24)25-19-20(28,18(14)27)5-6-26(19)13-3-2-12-4-7-29-17(12)9-13/h2-4,7-10,28H,5-6H2,1H3/t20-/m1/s1. The van der Waals surface area contributed by atoms with Gasteiger partial charge in [0.15, 0.2) is 5.60 Å². The monoisotopic (exact) mass is 400 g/mol. The number of carbonyl (C=O) groups is 1. The van der Waals surface area contributed by atoms with Crippen molar-refractivity contribution in [1.29, 1.82) is 0 Å². The minimum Gasteiger partial charge on any atom is -0.464 e. The third-order valence-corrected chi connectivity index (χ3v) is 5.57. The van der Waals surface area contributed by atoms with Crippen LogP contribution in [0.15, 0.2) is 52.1 Å². The molecule has 0 bridgehead atoms. The van der Waals surface area contributed by atoms with E-state index in [1.807, 2.05) is 6.07 Å². The molecule has 1 saturated heterocycles. The number of benzene rings is 2. The van der Waals surface area contributed by atoms with Crippen LogP contribution in [0.3, 0.4) is 0 Å². The van der Waals surface area contributed by atoms with Crippen LogP contribution in [0.2, 0.25) is 0 Å². The van der Waals surface area contributed by atoms with Gasteiger partial charge in [0.05, 0.1) is 17.5 Å². The second-order valence-electron chi connectivity index (χ2n) is 7.35. The Labute approximate surface area is 163 Å². The van der Waals surface area contributed by atoms with Crippen molar-refractivity contribution in [3.8, 4) is 0 Å². The molecule has 0 radical (unpaired) electrons. The van der Waals surface area contributed by atoms with Crippen molar-refractivity contribution in [2.24, 2.45) is 4.99 Å². The fraction of sp³-hybridized carbons (Fsp3) is 0.238. The molecule has 0 amide bonds. The van der Waals surface area contributed by atoms with Gasteiger partial charge in [-0.25, -0.2) is 4.99 Å². The molecule has 5 rings (SSSR count). The van der Waals surface area contributed by atoms with Crippen LogP contribution in [0, 0.1) is 6.92 Å². The van der Waals surface area contributed by atoms with E-state index in [0.29, 0.717) is 17.8 Å². The van der Waals surface area contributed by atoms with E-state index >= 15 is 0 Å². The maximum absolute atomic E-state index is 13.3. The summed E-state index contributed by atoms with van der Waals surface area (Å²) in [5, 5.41) is 12.0. The molecule has 2 aliphatic heterocycles. The van der Waals surface area contributed by atoms with Crippen molar-refractivity contribution in [2.45, 2.75) is 25.1 Å². The van der Waals surface area contributed by atoms with Gasteiger partial charge in [-0.3, -0.25) is 4.79 Å². The largest absolute Gasteiger partial charge is 0.464 e. The van der Waals surface area contributed by atoms with E-state index < -0.39 is 23.1 Å². The number of alkyl halides is 3. The van der Waals surface area contributed by atoms with Gasteiger partial charge in [0.2, 0.25) is 5.78 Å². The number of Topliss-reactive ketones (excluding diaryl/α,β-unsaturated/α-hetero) is 1. The fourth-order valence-electron chi connectivity index (χ4n) is 4.06. The first-order chi connectivity index (χ1) is 13.7. The molecule has 29 heavy (non-hydrogen) atoms. The van der Waals surface area contributed by atoms with Crippen LogP contribution in [0.4, 0.5) is 24.5 Å². The molecule has 0 unspecified atom stereocenters. The molecule has 1 atom stereocenters. The van der Waals surface area contributed by atoms with Gasteiger partial charge in [0, 0.05) is 35.7 Å². The molecule has 1 N–H and O–H groups in total. The number of amidine groups is 1. The van der Waals surface area contributed by atoms with E-state index in [1.54, 1.807) is 29.4 Å². The quantitative estimate of drug-likeness (QED) is 0.647. The highest BCUT2D eigenvalue weighted by Gasteiger charge is 2.52. The van der Waals surface area contributed by atoms with E-state index in [2.05, 4.69) is 4.99 Å². The number of halogens is 3. The molecule has 2 aliphatic rings. The SMILES string of the molecule is Cc1cc2c(cc1C(F)(F)F)N=C1N(c3ccc4ccoc4c3)CC[C@@]1(O)C2=O. The van der Waals surface area contributed by atoms with Crippen molar-refractivity contribution in [3.63, 3.8) is 0 Å². The number of aryl methyl sites for hydroxylation is 1. The van der Waals surface area contributed by atoms with Crippen LogP contribution in [0.5, 0.6) is 0 Å². The number of anilines is 1. The molecule has 148 valence electrons. The van der Waals surface area contributed by atoms with Crippen molar-refractivity contribution in [3.05, 3.63) is 59.4 Å². The van der Waals surface area contributed by atoms with Gasteiger partial charge in [-0.05, 0) is 42.8 Å². The second kappa shape index (κ2) is 5.70. The Bertz CT molecular complexity index is 1210. The number of aliphatic imine (C=N–C) groups is 1. The maximum Gasteiger partial charge on any atom is 0.416 e. The highest BCUT2D eigenvalue weighted by atomic mass is 19.4. The van der Waals surface area contributed by atoms with Crippen molar-refractivity contribution in [2.75, 3.05) is 11.4 Å². The summed E-state index contributed by atoms with van der Waals surface area (Å²) in [5.74, 6) is -0.589. The Morgan fingerprint density at radius 2 is 2.00 bits per heavy atom. The number of hydrogen-bond donors (Lipinski definition) is 1. The first kappa shape index (κ1) is 17.9. The zero-order valence-corrected chi connectivity index (χ0v) is 15.2. The van der Waals surface area contributed by atoms with E-state index in [4.69, 9.17) is 4.42 Å². The van der Waals surface area contributed by atoms with Crippen LogP contribution in [0.1, 0.15) is 27.9 Å². The average Bonchev–Trinajstić information content (AvgIpc) is 3.26. The number of carbonyl (C=O) groups excluding carboxylic acids is 1. The minimum atomic E-state index is -4.56. The third kappa shape index (κ3) is 2.52. The van der Waals surface area contributed by atoms with Gasteiger partial charge < -0.3 is 14.4 Å². The van der Waals surface area contributed by atoms with Crippen molar-refractivity contribution in [1.82, 2.24) is 0 Å². The maximum atomic E-state index is 13.3. The topological polar surface area (TPSA) is 66.0 Å². The van der Waals surface area contributed by atoms with Gasteiger partial charge in [0.1, 0.15) is 11.4 Å². The summed E-state index contributed by atoms with van der Waals surface area (Å²) in [7, 11) is 0. The Kier molecular flexibility index (Phi) is 3.52. The lowest BCUT2D eigenvalue weighted by Crippen LogP contribution is -2.48. The summed E-state index contributed by atoms with van der Waals surface area (Å²) in [6.45, 7) is 1.59. The zero-order chi connectivity index (χ0) is 20.6. The predicted octanol–water partition coefficient (Wildman–Crippen LogP) is 4.63. The Hall–Kier alpha value is -3.13. The molecule has 2 aromatic carbocycles. The second-order valence-corrected chi connectivity index (χ2v) is 7.35. The summed E-state index contributed by atoms with van der Waals surface area (Å²) in [6, 6.07) is 9.22. The first-order valence-corrected chi connectivity index (χ1v) is 9.01. The molecular formula is C21H15F3N2O3. The van der Waals surface area contributed by atoms with E-state index in [-0.39, 0.29) is 29.1 Å². The molecule has 1 fully saturated rings. The summed E-state index contributed by atoms with van der Waals surface area (Å²) in [5.41, 5.74) is -1.61. The number of ketones is 1. The number of rotatable bonds is 1. The van der Waals surface area contributed by atoms with Gasteiger partial charge in [-0.2, -0.15) is 13.2 Å². The number of fused-ring (bicyclic) bond motifs is 3. The summed E-state index contributed by atoms with van der Waals surface area (Å²) >= 11 is 0. The van der Waals surface area contributed by atoms with Gasteiger partial charge >= 0.3 is 6.18 Å². The molecule has 3 aromatic rings. The number of nitrogens with zero attached hydrogens (tertiary/aromatic N) is 2. The smallest absolute Gasteiger partial charge is 0.416 e. The average molecular weight is 400 g/mol. The Balaban J connectivity index is 1.67. The van der Waals surface area contributed by atoms with E-state index in [9.17, 15) is 23.1 Å². The zero-order valence-electron chi connectivity index (χ0n) is 15.2. The van der Waals surface area contributed by atoms with Gasteiger partial charge in [0.25, 0.3) is 0 Å².